The molecular formula is C21H23FN4OS. The van der Waals surface area contributed by atoms with Crippen molar-refractivity contribution in [2.45, 2.75) is 25.1 Å². The lowest BCUT2D eigenvalue weighted by molar-refractivity contribution is -0.126. The van der Waals surface area contributed by atoms with Gasteiger partial charge in [0.25, 0.3) is 0 Å². The Kier molecular flexibility index (Phi) is 6.46. The first-order chi connectivity index (χ1) is 13.5. The molecule has 2 aromatic carbocycles. The van der Waals surface area contributed by atoms with E-state index < -0.39 is 0 Å². The summed E-state index contributed by atoms with van der Waals surface area (Å²) in [6, 6.07) is 14.1. The SMILES string of the molecule is CC[C@@H]1S/C(=N/N=C\c2ccc(N(C)C)cc2)N(Cc2ccc(F)cc2)C1=O. The van der Waals surface area contributed by atoms with Gasteiger partial charge in [0.15, 0.2) is 5.17 Å². The lowest BCUT2D eigenvalue weighted by atomic mass is 10.2. The first kappa shape index (κ1) is 20.1. The number of nitrogens with zero attached hydrogens (tertiary/aromatic N) is 4. The van der Waals surface area contributed by atoms with Crippen LogP contribution in [-0.4, -0.2) is 41.5 Å². The van der Waals surface area contributed by atoms with Crippen LogP contribution < -0.4 is 4.90 Å². The fraction of sp³-hybridized carbons (Fsp3) is 0.286. The highest BCUT2D eigenvalue weighted by molar-refractivity contribution is 8.15. The molecule has 1 heterocycles. The molecule has 3 rings (SSSR count). The minimum Gasteiger partial charge on any atom is -0.378 e. The Morgan fingerprint density at radius 3 is 2.43 bits per heavy atom. The number of amides is 1. The van der Waals surface area contributed by atoms with E-state index in [1.165, 1.54) is 23.9 Å². The summed E-state index contributed by atoms with van der Waals surface area (Å²) in [7, 11) is 3.98. The maximum atomic E-state index is 13.1. The second kappa shape index (κ2) is 9.01. The Balaban J connectivity index is 1.76. The van der Waals surface area contributed by atoms with E-state index in [2.05, 4.69) is 10.2 Å². The number of hydrogen-bond acceptors (Lipinski definition) is 5. The first-order valence-corrected chi connectivity index (χ1v) is 9.96. The topological polar surface area (TPSA) is 48.3 Å². The predicted molar refractivity (Wildman–Crippen MR) is 114 cm³/mol. The Morgan fingerprint density at radius 1 is 1.14 bits per heavy atom. The molecule has 0 aliphatic carbocycles. The molecule has 7 heteroatoms. The molecule has 1 aliphatic rings. The maximum Gasteiger partial charge on any atom is 0.242 e. The molecule has 0 aromatic heterocycles. The summed E-state index contributed by atoms with van der Waals surface area (Å²) < 4.78 is 13.1. The van der Waals surface area contributed by atoms with Gasteiger partial charge < -0.3 is 4.90 Å². The average molecular weight is 399 g/mol. The fourth-order valence-electron chi connectivity index (χ4n) is 2.77. The fourth-order valence-corrected chi connectivity index (χ4v) is 3.79. The van der Waals surface area contributed by atoms with Gasteiger partial charge in [0.2, 0.25) is 5.91 Å². The van der Waals surface area contributed by atoms with Crippen molar-refractivity contribution in [3.63, 3.8) is 0 Å². The summed E-state index contributed by atoms with van der Waals surface area (Å²) >= 11 is 1.42. The van der Waals surface area contributed by atoms with Crippen molar-refractivity contribution >= 4 is 34.7 Å². The Bertz CT molecular complexity index is 878. The third-order valence-corrected chi connectivity index (χ3v) is 5.74. The van der Waals surface area contributed by atoms with Gasteiger partial charge in [-0.2, -0.15) is 5.10 Å². The molecule has 0 bridgehead atoms. The quantitative estimate of drug-likeness (QED) is 0.543. The molecule has 1 saturated heterocycles. The molecule has 2 aromatic rings. The van der Waals surface area contributed by atoms with E-state index in [0.717, 1.165) is 23.2 Å². The molecule has 28 heavy (non-hydrogen) atoms. The average Bonchev–Trinajstić information content (AvgIpc) is 2.99. The van der Waals surface area contributed by atoms with E-state index in [-0.39, 0.29) is 17.0 Å². The number of thioether (sulfide) groups is 1. The largest absolute Gasteiger partial charge is 0.378 e. The summed E-state index contributed by atoms with van der Waals surface area (Å²) in [4.78, 5) is 16.3. The van der Waals surface area contributed by atoms with Crippen molar-refractivity contribution < 1.29 is 9.18 Å². The van der Waals surface area contributed by atoms with Crippen LogP contribution in [0.4, 0.5) is 10.1 Å². The first-order valence-electron chi connectivity index (χ1n) is 9.09. The smallest absolute Gasteiger partial charge is 0.242 e. The molecule has 0 spiro atoms. The highest BCUT2D eigenvalue weighted by Gasteiger charge is 2.36. The molecule has 1 fully saturated rings. The van der Waals surface area contributed by atoms with Crippen molar-refractivity contribution in [2.24, 2.45) is 10.2 Å². The molecule has 0 saturated carbocycles. The van der Waals surface area contributed by atoms with Gasteiger partial charge in [0.05, 0.1) is 18.0 Å². The Morgan fingerprint density at radius 2 is 1.82 bits per heavy atom. The molecule has 0 radical (unpaired) electrons. The zero-order valence-corrected chi connectivity index (χ0v) is 17.0. The van der Waals surface area contributed by atoms with Crippen molar-refractivity contribution in [1.82, 2.24) is 4.90 Å². The van der Waals surface area contributed by atoms with Gasteiger partial charge in [-0.3, -0.25) is 9.69 Å². The number of halogens is 1. The predicted octanol–water partition coefficient (Wildman–Crippen LogP) is 4.14. The standard InChI is InChI=1S/C21H23FN4OS/c1-4-19-20(27)26(14-16-5-9-17(22)10-6-16)21(28-19)24-23-13-15-7-11-18(12-8-15)25(2)3/h5-13,19H,4,14H2,1-3H3/b23-13-,24-21+/t19-/m0/s1. The highest BCUT2D eigenvalue weighted by Crippen LogP contribution is 2.30. The van der Waals surface area contributed by atoms with Crippen molar-refractivity contribution in [3.8, 4) is 0 Å². The maximum absolute atomic E-state index is 13.1. The summed E-state index contributed by atoms with van der Waals surface area (Å²) in [5.41, 5.74) is 2.89. The van der Waals surface area contributed by atoms with Crippen LogP contribution in [-0.2, 0) is 11.3 Å². The second-order valence-electron chi connectivity index (χ2n) is 6.68. The van der Waals surface area contributed by atoms with Crippen molar-refractivity contribution in [3.05, 3.63) is 65.5 Å². The monoisotopic (exact) mass is 398 g/mol. The van der Waals surface area contributed by atoms with Gasteiger partial charge in [-0.15, -0.1) is 5.10 Å². The summed E-state index contributed by atoms with van der Waals surface area (Å²) in [5, 5.41) is 8.88. The lowest BCUT2D eigenvalue weighted by Gasteiger charge is -2.15. The van der Waals surface area contributed by atoms with E-state index in [4.69, 9.17) is 0 Å². The van der Waals surface area contributed by atoms with E-state index in [1.54, 1.807) is 23.2 Å². The Labute approximate surface area is 168 Å². The summed E-state index contributed by atoms with van der Waals surface area (Å²) in [5.74, 6) is -0.280. The van der Waals surface area contributed by atoms with E-state index >= 15 is 0 Å². The molecule has 5 nitrogen and oxygen atoms in total. The lowest BCUT2D eigenvalue weighted by Crippen LogP contribution is -2.31. The van der Waals surface area contributed by atoms with Gasteiger partial charge in [0, 0.05) is 19.8 Å². The number of anilines is 1. The van der Waals surface area contributed by atoms with Gasteiger partial charge in [-0.05, 0) is 41.8 Å². The van der Waals surface area contributed by atoms with E-state index in [1.807, 2.05) is 50.2 Å². The van der Waals surface area contributed by atoms with Crippen molar-refractivity contribution in [1.29, 1.82) is 0 Å². The highest BCUT2D eigenvalue weighted by atomic mass is 32.2. The van der Waals surface area contributed by atoms with E-state index in [9.17, 15) is 9.18 Å². The number of carbonyl (C=O) groups excluding carboxylic acids is 1. The second-order valence-corrected chi connectivity index (χ2v) is 7.85. The molecule has 1 aliphatic heterocycles. The van der Waals surface area contributed by atoms with Gasteiger partial charge in [-0.1, -0.05) is 43.0 Å². The van der Waals surface area contributed by atoms with Crippen molar-refractivity contribution in [2.75, 3.05) is 19.0 Å². The van der Waals surface area contributed by atoms with Crippen LogP contribution in [0.2, 0.25) is 0 Å². The number of benzene rings is 2. The third kappa shape index (κ3) is 4.78. The third-order valence-electron chi connectivity index (χ3n) is 4.40. The number of amidine groups is 1. The van der Waals surface area contributed by atoms with Gasteiger partial charge in [0.1, 0.15) is 5.82 Å². The molecule has 0 unspecified atom stereocenters. The zero-order valence-electron chi connectivity index (χ0n) is 16.2. The summed E-state index contributed by atoms with van der Waals surface area (Å²) in [6.07, 6.45) is 2.39. The molecule has 1 amide bonds. The van der Waals surface area contributed by atoms with Gasteiger partial charge in [-0.25, -0.2) is 4.39 Å². The van der Waals surface area contributed by atoms with Crippen LogP contribution in [0.5, 0.6) is 0 Å². The number of rotatable bonds is 6. The Hall–Kier alpha value is -2.67. The molecular weight excluding hydrogens is 375 g/mol. The minimum absolute atomic E-state index is 0.0149. The van der Waals surface area contributed by atoms with Crippen LogP contribution in [0.1, 0.15) is 24.5 Å². The van der Waals surface area contributed by atoms with Crippen LogP contribution >= 0.6 is 11.8 Å². The molecule has 146 valence electrons. The van der Waals surface area contributed by atoms with Crippen LogP contribution in [0.25, 0.3) is 0 Å². The van der Waals surface area contributed by atoms with E-state index in [0.29, 0.717) is 11.7 Å². The normalized spacial score (nSPS) is 18.4. The van der Waals surface area contributed by atoms with Crippen LogP contribution in [0.3, 0.4) is 0 Å². The zero-order chi connectivity index (χ0) is 20.1. The summed E-state index contributed by atoms with van der Waals surface area (Å²) in [6.45, 7) is 2.33. The number of carbonyl (C=O) groups is 1. The molecule has 1 atom stereocenters. The van der Waals surface area contributed by atoms with Crippen LogP contribution in [0.15, 0.2) is 58.7 Å². The molecule has 0 N–H and O–H groups in total. The minimum atomic E-state index is -0.295. The van der Waals surface area contributed by atoms with Crippen LogP contribution in [0, 0.1) is 5.82 Å². The number of hydrogen-bond donors (Lipinski definition) is 0. The van der Waals surface area contributed by atoms with Gasteiger partial charge >= 0.3 is 0 Å².